The number of aromatic carboxylic acids is 1. The molecule has 0 saturated heterocycles. The topological polar surface area (TPSA) is 68.7 Å². The summed E-state index contributed by atoms with van der Waals surface area (Å²) in [6, 6.07) is 10.1. The number of hydrogen-bond donors (Lipinski definition) is 2. The standard InChI is InChI=1S/C17H19N3O2/c1-10-15(17(21)22)11(2)18-16(10)14-9-13(19-20(14)3)12-7-5-4-6-8-12/h4-8,14,18H,9H2,1-3H3,(H,21,22). The third-order valence-corrected chi connectivity index (χ3v) is 4.25. The van der Waals surface area contributed by atoms with E-state index in [0.29, 0.717) is 11.3 Å². The van der Waals surface area contributed by atoms with E-state index >= 15 is 0 Å². The van der Waals surface area contributed by atoms with Crippen LogP contribution in [0.4, 0.5) is 0 Å². The van der Waals surface area contributed by atoms with Gasteiger partial charge in [-0.1, -0.05) is 30.3 Å². The number of hydrogen-bond acceptors (Lipinski definition) is 3. The van der Waals surface area contributed by atoms with Crippen LogP contribution in [0.15, 0.2) is 35.4 Å². The molecule has 0 radical (unpaired) electrons. The van der Waals surface area contributed by atoms with Crippen LogP contribution in [0.25, 0.3) is 0 Å². The molecule has 2 heterocycles. The van der Waals surface area contributed by atoms with Gasteiger partial charge in [0.15, 0.2) is 0 Å². The third-order valence-electron chi connectivity index (χ3n) is 4.25. The second-order valence-electron chi connectivity index (χ2n) is 5.68. The van der Waals surface area contributed by atoms with E-state index in [1.165, 1.54) is 0 Å². The minimum absolute atomic E-state index is 0.0435. The first-order valence-corrected chi connectivity index (χ1v) is 7.27. The molecule has 1 aromatic heterocycles. The Morgan fingerprint density at radius 1 is 1.32 bits per heavy atom. The SMILES string of the molecule is Cc1[nH]c(C2CC(c3ccccc3)=NN2C)c(C)c1C(=O)O. The molecule has 1 aliphatic rings. The zero-order valence-electron chi connectivity index (χ0n) is 12.9. The number of aromatic nitrogens is 1. The lowest BCUT2D eigenvalue weighted by atomic mass is 9.99. The lowest BCUT2D eigenvalue weighted by molar-refractivity contribution is 0.0695. The van der Waals surface area contributed by atoms with E-state index in [4.69, 9.17) is 0 Å². The Labute approximate surface area is 129 Å². The Bertz CT molecular complexity index is 747. The van der Waals surface area contributed by atoms with Crippen LogP contribution in [-0.4, -0.2) is 33.8 Å². The van der Waals surface area contributed by atoms with Crippen LogP contribution in [0, 0.1) is 13.8 Å². The van der Waals surface area contributed by atoms with E-state index in [1.54, 1.807) is 6.92 Å². The predicted molar refractivity (Wildman–Crippen MR) is 85.3 cm³/mol. The summed E-state index contributed by atoms with van der Waals surface area (Å²) in [6.45, 7) is 3.66. The molecule has 22 heavy (non-hydrogen) atoms. The lowest BCUT2D eigenvalue weighted by Crippen LogP contribution is -2.15. The Hall–Kier alpha value is -2.56. The molecule has 0 fully saturated rings. The normalized spacial score (nSPS) is 17.7. The number of hydrazone groups is 1. The maximum atomic E-state index is 11.4. The minimum Gasteiger partial charge on any atom is -0.478 e. The van der Waals surface area contributed by atoms with Crippen LogP contribution < -0.4 is 0 Å². The number of nitrogens with one attached hydrogen (secondary N) is 1. The van der Waals surface area contributed by atoms with Crippen LogP contribution in [0.2, 0.25) is 0 Å². The van der Waals surface area contributed by atoms with Gasteiger partial charge < -0.3 is 10.1 Å². The van der Waals surface area contributed by atoms with Crippen LogP contribution in [0.1, 0.15) is 45.3 Å². The molecule has 1 aliphatic heterocycles. The fraction of sp³-hybridized carbons (Fsp3) is 0.294. The van der Waals surface area contributed by atoms with E-state index in [0.717, 1.165) is 29.0 Å². The van der Waals surface area contributed by atoms with Crippen LogP contribution >= 0.6 is 0 Å². The number of carboxylic acid groups (broad SMARTS) is 1. The van der Waals surface area contributed by atoms with Crippen molar-refractivity contribution >= 4 is 11.7 Å². The van der Waals surface area contributed by atoms with Gasteiger partial charge in [-0.2, -0.15) is 5.10 Å². The molecule has 0 amide bonds. The third kappa shape index (κ3) is 2.28. The Kier molecular flexibility index (Phi) is 3.48. The molecule has 5 heteroatoms. The summed E-state index contributed by atoms with van der Waals surface area (Å²) in [5, 5.41) is 15.9. The summed E-state index contributed by atoms with van der Waals surface area (Å²) >= 11 is 0. The van der Waals surface area contributed by atoms with Gasteiger partial charge in [0.1, 0.15) is 0 Å². The largest absolute Gasteiger partial charge is 0.478 e. The molecule has 1 unspecified atom stereocenters. The first kappa shape index (κ1) is 14.4. The van der Waals surface area contributed by atoms with Gasteiger partial charge in [0, 0.05) is 24.9 Å². The highest BCUT2D eigenvalue weighted by Gasteiger charge is 2.30. The Morgan fingerprint density at radius 3 is 2.59 bits per heavy atom. The van der Waals surface area contributed by atoms with Crippen LogP contribution in [-0.2, 0) is 0 Å². The number of H-pyrrole nitrogens is 1. The average molecular weight is 297 g/mol. The molecule has 1 atom stereocenters. The van der Waals surface area contributed by atoms with Gasteiger partial charge in [-0.3, -0.25) is 5.01 Å². The second-order valence-corrected chi connectivity index (χ2v) is 5.68. The number of benzene rings is 1. The van der Waals surface area contributed by atoms with Crippen molar-refractivity contribution in [1.29, 1.82) is 0 Å². The summed E-state index contributed by atoms with van der Waals surface area (Å²) in [5.41, 5.74) is 4.93. The molecule has 114 valence electrons. The highest BCUT2D eigenvalue weighted by atomic mass is 16.4. The van der Waals surface area contributed by atoms with Crippen LogP contribution in [0.5, 0.6) is 0 Å². The summed E-state index contributed by atoms with van der Waals surface area (Å²) in [4.78, 5) is 14.6. The molecule has 2 aromatic rings. The first-order valence-electron chi connectivity index (χ1n) is 7.27. The number of carbonyl (C=O) groups is 1. The van der Waals surface area contributed by atoms with Crippen molar-refractivity contribution in [1.82, 2.24) is 9.99 Å². The van der Waals surface area contributed by atoms with Crippen LogP contribution in [0.3, 0.4) is 0 Å². The van der Waals surface area contributed by atoms with Gasteiger partial charge in [0.2, 0.25) is 0 Å². The van der Waals surface area contributed by atoms with Gasteiger partial charge in [-0.15, -0.1) is 0 Å². The number of rotatable bonds is 3. The maximum absolute atomic E-state index is 11.4. The average Bonchev–Trinajstić information content (AvgIpc) is 3.00. The summed E-state index contributed by atoms with van der Waals surface area (Å²) in [7, 11) is 1.93. The first-order chi connectivity index (χ1) is 10.5. The van der Waals surface area contributed by atoms with Gasteiger partial charge >= 0.3 is 5.97 Å². The van der Waals surface area contributed by atoms with Gasteiger partial charge in [0.25, 0.3) is 0 Å². The maximum Gasteiger partial charge on any atom is 0.337 e. The van der Waals surface area contributed by atoms with E-state index < -0.39 is 5.97 Å². The van der Waals surface area contributed by atoms with Gasteiger partial charge in [-0.25, -0.2) is 4.79 Å². The highest BCUT2D eigenvalue weighted by molar-refractivity contribution is 6.01. The van der Waals surface area contributed by atoms with E-state index in [2.05, 4.69) is 10.1 Å². The minimum atomic E-state index is -0.887. The van der Waals surface area contributed by atoms with E-state index in [9.17, 15) is 9.90 Å². The Morgan fingerprint density at radius 2 is 2.00 bits per heavy atom. The number of carboxylic acids is 1. The predicted octanol–water partition coefficient (Wildman–Crippen LogP) is 3.11. The van der Waals surface area contributed by atoms with Crippen molar-refractivity contribution in [2.75, 3.05) is 7.05 Å². The number of aromatic amines is 1. The monoisotopic (exact) mass is 297 g/mol. The number of nitrogens with zero attached hydrogens (tertiary/aromatic N) is 2. The number of aryl methyl sites for hydroxylation is 1. The van der Waals surface area contributed by atoms with E-state index in [-0.39, 0.29) is 6.04 Å². The van der Waals surface area contributed by atoms with Crippen molar-refractivity contribution in [3.8, 4) is 0 Å². The van der Waals surface area contributed by atoms with Gasteiger partial charge in [0.05, 0.1) is 17.3 Å². The van der Waals surface area contributed by atoms with Crippen molar-refractivity contribution in [3.05, 3.63) is 58.4 Å². The molecule has 3 rings (SSSR count). The fourth-order valence-corrected chi connectivity index (χ4v) is 3.14. The second kappa shape index (κ2) is 5.33. The molecule has 1 aromatic carbocycles. The van der Waals surface area contributed by atoms with E-state index in [1.807, 2.05) is 49.3 Å². The quantitative estimate of drug-likeness (QED) is 0.914. The zero-order chi connectivity index (χ0) is 15.9. The molecular formula is C17H19N3O2. The summed E-state index contributed by atoms with van der Waals surface area (Å²) in [5.74, 6) is -0.887. The Balaban J connectivity index is 1.93. The van der Waals surface area contributed by atoms with Crippen molar-refractivity contribution < 1.29 is 9.90 Å². The summed E-state index contributed by atoms with van der Waals surface area (Å²) in [6.07, 6.45) is 0.764. The molecule has 5 nitrogen and oxygen atoms in total. The van der Waals surface area contributed by atoms with Gasteiger partial charge in [-0.05, 0) is 25.0 Å². The molecule has 0 bridgehead atoms. The molecule has 0 spiro atoms. The lowest BCUT2D eigenvalue weighted by Gasteiger charge is -2.18. The molecular weight excluding hydrogens is 278 g/mol. The fourth-order valence-electron chi connectivity index (χ4n) is 3.14. The molecule has 2 N–H and O–H groups in total. The zero-order valence-corrected chi connectivity index (χ0v) is 12.9. The molecule has 0 aliphatic carbocycles. The smallest absolute Gasteiger partial charge is 0.337 e. The van der Waals surface area contributed by atoms with Crippen molar-refractivity contribution in [2.24, 2.45) is 5.10 Å². The summed E-state index contributed by atoms with van der Waals surface area (Å²) < 4.78 is 0. The van der Waals surface area contributed by atoms with Crippen molar-refractivity contribution in [2.45, 2.75) is 26.3 Å². The highest BCUT2D eigenvalue weighted by Crippen LogP contribution is 2.34. The molecule has 0 saturated carbocycles. The van der Waals surface area contributed by atoms with Crippen molar-refractivity contribution in [3.63, 3.8) is 0 Å².